The Kier molecular flexibility index (Phi) is 3.71. The third-order valence-electron chi connectivity index (χ3n) is 2.62. The second-order valence-electron chi connectivity index (χ2n) is 4.42. The fourth-order valence-corrected chi connectivity index (χ4v) is 1.71. The lowest BCUT2D eigenvalue weighted by molar-refractivity contribution is -0.139. The summed E-state index contributed by atoms with van der Waals surface area (Å²) in [5.41, 5.74) is -1.80. The number of halogens is 3. The molecule has 0 aliphatic carbocycles. The van der Waals surface area contributed by atoms with E-state index in [0.717, 1.165) is 6.07 Å². The molecule has 1 N–H and O–H groups in total. The number of hydrogen-bond donors (Lipinski definition) is 1. The van der Waals surface area contributed by atoms with Gasteiger partial charge in [0.15, 0.2) is 0 Å². The van der Waals surface area contributed by atoms with Gasteiger partial charge in [-0.25, -0.2) is 0 Å². The van der Waals surface area contributed by atoms with E-state index in [4.69, 9.17) is 4.74 Å². The first kappa shape index (κ1) is 13.8. The fraction of sp³-hybridized carbons (Fsp3) is 0.500. The van der Waals surface area contributed by atoms with Crippen LogP contribution in [0.2, 0.25) is 0 Å². The van der Waals surface area contributed by atoms with Crippen molar-refractivity contribution in [3.63, 3.8) is 0 Å². The van der Waals surface area contributed by atoms with Gasteiger partial charge in [0, 0.05) is 11.0 Å². The Balaban J connectivity index is 3.52. The molecule has 0 aliphatic rings. The lowest BCUT2D eigenvalue weighted by Gasteiger charge is -2.28. The highest BCUT2D eigenvalue weighted by atomic mass is 19.4. The van der Waals surface area contributed by atoms with Crippen LogP contribution in [-0.2, 0) is 11.6 Å². The Morgan fingerprint density at radius 2 is 1.82 bits per heavy atom. The molecule has 0 heterocycles. The van der Waals surface area contributed by atoms with Crippen LogP contribution in [0.5, 0.6) is 5.75 Å². The van der Waals surface area contributed by atoms with Crippen LogP contribution in [-0.4, -0.2) is 18.8 Å². The van der Waals surface area contributed by atoms with E-state index in [2.05, 4.69) is 0 Å². The van der Waals surface area contributed by atoms with E-state index < -0.39 is 23.8 Å². The smallest absolute Gasteiger partial charge is 0.416 e. The first-order valence-corrected chi connectivity index (χ1v) is 5.09. The van der Waals surface area contributed by atoms with Crippen molar-refractivity contribution in [2.75, 3.05) is 13.7 Å². The maximum absolute atomic E-state index is 12.9. The quantitative estimate of drug-likeness (QED) is 0.891. The van der Waals surface area contributed by atoms with Crippen LogP contribution >= 0.6 is 0 Å². The van der Waals surface area contributed by atoms with Crippen LogP contribution in [0.15, 0.2) is 18.2 Å². The van der Waals surface area contributed by atoms with Gasteiger partial charge in [-0.2, -0.15) is 13.2 Å². The van der Waals surface area contributed by atoms with Crippen LogP contribution in [0, 0.1) is 0 Å². The van der Waals surface area contributed by atoms with E-state index in [0.29, 0.717) is 0 Å². The lowest BCUT2D eigenvalue weighted by Crippen LogP contribution is -2.27. The number of hydrogen-bond acceptors (Lipinski definition) is 2. The Bertz CT molecular complexity index is 397. The van der Waals surface area contributed by atoms with Gasteiger partial charge in [-0.15, -0.1) is 0 Å². The minimum absolute atomic E-state index is 0.0162. The van der Waals surface area contributed by atoms with Gasteiger partial charge >= 0.3 is 6.18 Å². The lowest BCUT2D eigenvalue weighted by atomic mass is 9.81. The first-order valence-electron chi connectivity index (χ1n) is 5.09. The third kappa shape index (κ3) is 2.72. The van der Waals surface area contributed by atoms with Gasteiger partial charge < -0.3 is 9.84 Å². The van der Waals surface area contributed by atoms with Crippen LogP contribution < -0.4 is 4.74 Å². The molecule has 0 bridgehead atoms. The second kappa shape index (κ2) is 4.56. The summed E-state index contributed by atoms with van der Waals surface area (Å²) in [6.45, 7) is 2.69. The minimum atomic E-state index is -4.46. The molecule has 17 heavy (non-hydrogen) atoms. The molecule has 0 unspecified atom stereocenters. The number of benzene rings is 1. The monoisotopic (exact) mass is 248 g/mol. The van der Waals surface area contributed by atoms with Crippen molar-refractivity contribution in [3.05, 3.63) is 29.3 Å². The Morgan fingerprint density at radius 1 is 1.24 bits per heavy atom. The van der Waals surface area contributed by atoms with E-state index in [-0.39, 0.29) is 11.3 Å². The number of aliphatic hydroxyl groups is 1. The number of alkyl halides is 3. The largest absolute Gasteiger partial charge is 0.496 e. The molecular weight excluding hydrogens is 233 g/mol. The van der Waals surface area contributed by atoms with E-state index in [1.807, 2.05) is 0 Å². The average Bonchev–Trinajstić information content (AvgIpc) is 2.26. The summed E-state index contributed by atoms with van der Waals surface area (Å²) in [5, 5.41) is 9.23. The van der Waals surface area contributed by atoms with Crippen molar-refractivity contribution in [1.82, 2.24) is 0 Å². The summed E-state index contributed by atoms with van der Waals surface area (Å²) < 4.78 is 43.6. The highest BCUT2D eigenvalue weighted by Gasteiger charge is 2.39. The predicted molar refractivity (Wildman–Crippen MR) is 58.1 cm³/mol. The topological polar surface area (TPSA) is 29.5 Å². The number of rotatable bonds is 3. The number of ether oxygens (including phenoxy) is 1. The summed E-state index contributed by atoms with van der Waals surface area (Å²) in [6.07, 6.45) is -4.46. The van der Waals surface area contributed by atoms with Gasteiger partial charge in [0.2, 0.25) is 0 Å². The van der Waals surface area contributed by atoms with Crippen molar-refractivity contribution < 1.29 is 23.0 Å². The van der Waals surface area contributed by atoms with Crippen LogP contribution in [0.25, 0.3) is 0 Å². The average molecular weight is 248 g/mol. The van der Waals surface area contributed by atoms with Crippen molar-refractivity contribution in [2.45, 2.75) is 25.4 Å². The predicted octanol–water partition coefficient (Wildman–Crippen LogP) is 2.98. The molecule has 1 rings (SSSR count). The maximum atomic E-state index is 12.9. The molecule has 1 aromatic rings. The Morgan fingerprint density at radius 3 is 2.24 bits per heavy atom. The summed E-state index contributed by atoms with van der Waals surface area (Å²) in [6, 6.07) is 3.75. The highest BCUT2D eigenvalue weighted by Crippen LogP contribution is 2.41. The summed E-state index contributed by atoms with van der Waals surface area (Å²) in [5.74, 6) is 0.138. The third-order valence-corrected chi connectivity index (χ3v) is 2.62. The van der Waals surface area contributed by atoms with Crippen LogP contribution in [0.3, 0.4) is 0 Å². The Labute approximate surface area is 98.0 Å². The van der Waals surface area contributed by atoms with Gasteiger partial charge in [0.1, 0.15) is 5.75 Å². The molecule has 0 amide bonds. The molecule has 1 aromatic carbocycles. The zero-order valence-corrected chi connectivity index (χ0v) is 9.93. The molecule has 2 nitrogen and oxygen atoms in total. The van der Waals surface area contributed by atoms with Gasteiger partial charge in [-0.3, -0.25) is 0 Å². The first-order chi connectivity index (χ1) is 7.74. The maximum Gasteiger partial charge on any atom is 0.416 e. The number of aliphatic hydroxyl groups excluding tert-OH is 1. The summed E-state index contributed by atoms with van der Waals surface area (Å²) in [7, 11) is 1.31. The molecular formula is C12H15F3O2. The summed E-state index contributed by atoms with van der Waals surface area (Å²) >= 11 is 0. The SMILES string of the molecule is COc1cccc(C(F)(F)F)c1C(C)(C)CO. The van der Waals surface area contributed by atoms with Gasteiger partial charge in [0.05, 0.1) is 19.3 Å². The molecule has 5 heteroatoms. The molecule has 0 atom stereocenters. The number of methoxy groups -OCH3 is 1. The van der Waals surface area contributed by atoms with Crippen LogP contribution in [0.4, 0.5) is 13.2 Å². The highest BCUT2D eigenvalue weighted by molar-refractivity contribution is 5.46. The molecule has 0 fully saturated rings. The molecule has 0 radical (unpaired) electrons. The second-order valence-corrected chi connectivity index (χ2v) is 4.42. The zero-order chi connectivity index (χ0) is 13.3. The van der Waals surface area contributed by atoms with E-state index in [9.17, 15) is 18.3 Å². The zero-order valence-electron chi connectivity index (χ0n) is 9.93. The van der Waals surface area contributed by atoms with Crippen molar-refractivity contribution in [1.29, 1.82) is 0 Å². The normalized spacial score (nSPS) is 12.6. The molecule has 0 aliphatic heterocycles. The Hall–Kier alpha value is -1.23. The van der Waals surface area contributed by atoms with Crippen molar-refractivity contribution in [3.8, 4) is 5.75 Å². The van der Waals surface area contributed by atoms with Gasteiger partial charge in [0.25, 0.3) is 0 Å². The van der Waals surface area contributed by atoms with E-state index >= 15 is 0 Å². The minimum Gasteiger partial charge on any atom is -0.496 e. The summed E-state index contributed by atoms with van der Waals surface area (Å²) in [4.78, 5) is 0. The van der Waals surface area contributed by atoms with Crippen LogP contribution in [0.1, 0.15) is 25.0 Å². The van der Waals surface area contributed by atoms with Crippen molar-refractivity contribution >= 4 is 0 Å². The van der Waals surface area contributed by atoms with E-state index in [1.54, 1.807) is 13.8 Å². The molecule has 0 aromatic heterocycles. The molecule has 0 saturated carbocycles. The standard InChI is InChI=1S/C12H15F3O2/c1-11(2,7-16)10-8(12(13,14)15)5-4-6-9(10)17-3/h4-6,16H,7H2,1-3H3. The molecule has 0 spiro atoms. The van der Waals surface area contributed by atoms with Crippen molar-refractivity contribution in [2.24, 2.45) is 0 Å². The van der Waals surface area contributed by atoms with Gasteiger partial charge in [-0.05, 0) is 12.1 Å². The molecule has 0 saturated heterocycles. The van der Waals surface area contributed by atoms with Gasteiger partial charge in [-0.1, -0.05) is 19.9 Å². The fourth-order valence-electron chi connectivity index (χ4n) is 1.71. The molecule has 96 valence electrons. The van der Waals surface area contributed by atoms with E-state index in [1.165, 1.54) is 19.2 Å².